The zero-order chi connectivity index (χ0) is 16.4. The summed E-state index contributed by atoms with van der Waals surface area (Å²) in [4.78, 5) is 17.5. The van der Waals surface area contributed by atoms with Crippen LogP contribution in [0.25, 0.3) is 0 Å². The number of fused-ring (bicyclic) bond motifs is 3. The van der Waals surface area contributed by atoms with Crippen molar-refractivity contribution >= 4 is 5.91 Å². The van der Waals surface area contributed by atoms with Gasteiger partial charge < -0.3 is 10.0 Å². The summed E-state index contributed by atoms with van der Waals surface area (Å²) in [6, 6.07) is 0.719. The molecule has 1 amide bonds. The van der Waals surface area contributed by atoms with Crippen molar-refractivity contribution in [2.45, 2.75) is 76.9 Å². The summed E-state index contributed by atoms with van der Waals surface area (Å²) in [7, 11) is 0. The van der Waals surface area contributed by atoms with E-state index in [4.69, 9.17) is 0 Å². The van der Waals surface area contributed by atoms with Crippen molar-refractivity contribution in [3.63, 3.8) is 0 Å². The Morgan fingerprint density at radius 1 is 1.13 bits per heavy atom. The first-order valence-corrected chi connectivity index (χ1v) is 9.80. The number of hydrogen-bond acceptors (Lipinski definition) is 3. The number of carbonyl (C=O) groups excluding carboxylic acids is 1. The highest BCUT2D eigenvalue weighted by atomic mass is 16.3. The van der Waals surface area contributed by atoms with E-state index >= 15 is 0 Å². The van der Waals surface area contributed by atoms with Crippen LogP contribution in [0.2, 0.25) is 0 Å². The molecule has 4 heteroatoms. The van der Waals surface area contributed by atoms with Crippen LogP contribution in [0.15, 0.2) is 0 Å². The molecule has 0 aliphatic carbocycles. The fourth-order valence-electron chi connectivity index (χ4n) is 5.38. The van der Waals surface area contributed by atoms with E-state index in [0.717, 1.165) is 44.8 Å². The first kappa shape index (κ1) is 17.2. The van der Waals surface area contributed by atoms with Gasteiger partial charge in [-0.1, -0.05) is 33.1 Å². The quantitative estimate of drug-likeness (QED) is 0.817. The van der Waals surface area contributed by atoms with E-state index in [-0.39, 0.29) is 5.91 Å². The molecular formula is C19H34N2O2. The van der Waals surface area contributed by atoms with Crippen LogP contribution < -0.4 is 0 Å². The molecular weight excluding hydrogens is 288 g/mol. The first-order chi connectivity index (χ1) is 11.1. The molecule has 3 fully saturated rings. The fourth-order valence-corrected chi connectivity index (χ4v) is 5.38. The fraction of sp³-hybridized carbons (Fsp3) is 0.947. The second-order valence-corrected chi connectivity index (χ2v) is 8.18. The number of rotatable bonds is 6. The monoisotopic (exact) mass is 322 g/mol. The molecule has 4 nitrogen and oxygen atoms in total. The number of hydrogen-bond donors (Lipinski definition) is 1. The van der Waals surface area contributed by atoms with Gasteiger partial charge >= 0.3 is 0 Å². The average Bonchev–Trinajstić information content (AvgIpc) is 3.05. The molecule has 1 N–H and O–H groups in total. The summed E-state index contributed by atoms with van der Waals surface area (Å²) in [6.45, 7) is 8.47. The van der Waals surface area contributed by atoms with Gasteiger partial charge in [-0.3, -0.25) is 9.69 Å². The third-order valence-electron chi connectivity index (χ3n) is 6.38. The van der Waals surface area contributed by atoms with Crippen molar-refractivity contribution in [3.05, 3.63) is 0 Å². The van der Waals surface area contributed by atoms with Crippen LogP contribution in [-0.2, 0) is 4.79 Å². The minimum atomic E-state index is -0.783. The van der Waals surface area contributed by atoms with Gasteiger partial charge in [0.05, 0.1) is 12.0 Å². The summed E-state index contributed by atoms with van der Waals surface area (Å²) >= 11 is 0. The molecule has 3 aliphatic heterocycles. The summed E-state index contributed by atoms with van der Waals surface area (Å²) < 4.78 is 0. The van der Waals surface area contributed by atoms with Gasteiger partial charge in [0.2, 0.25) is 5.91 Å². The van der Waals surface area contributed by atoms with E-state index in [1.54, 1.807) is 0 Å². The molecule has 3 heterocycles. The van der Waals surface area contributed by atoms with Gasteiger partial charge in [0, 0.05) is 25.7 Å². The van der Waals surface area contributed by atoms with Crippen molar-refractivity contribution in [2.24, 2.45) is 11.8 Å². The third kappa shape index (κ3) is 3.58. The highest BCUT2D eigenvalue weighted by Gasteiger charge is 2.48. The summed E-state index contributed by atoms with van der Waals surface area (Å²) in [5.41, 5.74) is -0.783. The zero-order valence-electron chi connectivity index (χ0n) is 15.0. The van der Waals surface area contributed by atoms with E-state index in [1.807, 2.05) is 0 Å². The molecule has 0 radical (unpaired) electrons. The Morgan fingerprint density at radius 2 is 1.87 bits per heavy atom. The van der Waals surface area contributed by atoms with Gasteiger partial charge in [-0.15, -0.1) is 0 Å². The van der Waals surface area contributed by atoms with Crippen LogP contribution in [0.3, 0.4) is 0 Å². The van der Waals surface area contributed by atoms with Crippen LogP contribution in [0.5, 0.6) is 0 Å². The number of amides is 1. The molecule has 3 aliphatic rings. The standard InChI is InChI=1S/C19H34N2O2/c1-3-8-19(23,9-4-2)11-18(22)21-13-15-12-20-10-6-5-7-17(20)16(15)14-21/h15-17,23H,3-14H2,1-2H3/t15-,16-,17-/m0/s1. The summed E-state index contributed by atoms with van der Waals surface area (Å²) in [5, 5.41) is 10.8. The molecule has 23 heavy (non-hydrogen) atoms. The van der Waals surface area contributed by atoms with Crippen LogP contribution in [0.4, 0.5) is 0 Å². The van der Waals surface area contributed by atoms with Crippen LogP contribution in [0, 0.1) is 11.8 Å². The Hall–Kier alpha value is -0.610. The normalized spacial score (nSPS) is 31.3. The summed E-state index contributed by atoms with van der Waals surface area (Å²) in [6.07, 6.45) is 7.69. The number of nitrogens with zero attached hydrogens (tertiary/aromatic N) is 2. The van der Waals surface area contributed by atoms with E-state index in [1.165, 1.54) is 32.4 Å². The molecule has 0 aromatic heterocycles. The van der Waals surface area contributed by atoms with E-state index in [2.05, 4.69) is 23.6 Å². The molecule has 0 saturated carbocycles. The van der Waals surface area contributed by atoms with Gasteiger partial charge in [0.25, 0.3) is 0 Å². The zero-order valence-corrected chi connectivity index (χ0v) is 15.0. The predicted molar refractivity (Wildman–Crippen MR) is 92.2 cm³/mol. The molecule has 3 saturated heterocycles. The topological polar surface area (TPSA) is 43.8 Å². The van der Waals surface area contributed by atoms with E-state index in [0.29, 0.717) is 18.3 Å². The SMILES string of the molecule is CCCC(O)(CCC)CC(=O)N1C[C@@H]2CN3CCCC[C@H]3[C@H]2C1. The van der Waals surface area contributed by atoms with Crippen molar-refractivity contribution in [1.29, 1.82) is 0 Å². The maximum atomic E-state index is 12.8. The number of piperidine rings is 1. The lowest BCUT2D eigenvalue weighted by molar-refractivity contribution is -0.136. The maximum Gasteiger partial charge on any atom is 0.225 e. The predicted octanol–water partition coefficient (Wildman–Crippen LogP) is 2.65. The smallest absolute Gasteiger partial charge is 0.225 e. The second kappa shape index (κ2) is 7.10. The van der Waals surface area contributed by atoms with Crippen LogP contribution in [-0.4, -0.2) is 58.6 Å². The van der Waals surface area contributed by atoms with Crippen molar-refractivity contribution in [1.82, 2.24) is 9.80 Å². The Balaban J connectivity index is 1.58. The Labute approximate surface area is 141 Å². The van der Waals surface area contributed by atoms with Gasteiger partial charge in [0.1, 0.15) is 0 Å². The van der Waals surface area contributed by atoms with Crippen LogP contribution >= 0.6 is 0 Å². The molecule has 3 rings (SSSR count). The summed E-state index contributed by atoms with van der Waals surface area (Å²) in [5.74, 6) is 1.54. The lowest BCUT2D eigenvalue weighted by Gasteiger charge is -2.34. The first-order valence-electron chi connectivity index (χ1n) is 9.80. The Bertz CT molecular complexity index is 420. The lowest BCUT2D eigenvalue weighted by Crippen LogP contribution is -2.43. The van der Waals surface area contributed by atoms with Gasteiger partial charge in [-0.05, 0) is 44.1 Å². The minimum Gasteiger partial charge on any atom is -0.389 e. The average molecular weight is 322 g/mol. The Morgan fingerprint density at radius 3 is 2.57 bits per heavy atom. The van der Waals surface area contributed by atoms with Crippen molar-refractivity contribution in [3.8, 4) is 0 Å². The maximum absolute atomic E-state index is 12.8. The minimum absolute atomic E-state index is 0.186. The van der Waals surface area contributed by atoms with Gasteiger partial charge in [-0.25, -0.2) is 0 Å². The highest BCUT2D eigenvalue weighted by molar-refractivity contribution is 5.77. The van der Waals surface area contributed by atoms with Gasteiger partial charge in [-0.2, -0.15) is 0 Å². The number of likely N-dealkylation sites (tertiary alicyclic amines) is 1. The third-order valence-corrected chi connectivity index (χ3v) is 6.38. The van der Waals surface area contributed by atoms with Crippen LogP contribution in [0.1, 0.15) is 65.2 Å². The van der Waals surface area contributed by atoms with Crippen molar-refractivity contribution < 1.29 is 9.90 Å². The number of aliphatic hydroxyl groups is 1. The molecule has 3 atom stereocenters. The molecule has 0 aromatic carbocycles. The number of carbonyl (C=O) groups is 1. The van der Waals surface area contributed by atoms with Gasteiger partial charge in [0.15, 0.2) is 0 Å². The molecule has 0 aromatic rings. The molecule has 0 bridgehead atoms. The second-order valence-electron chi connectivity index (χ2n) is 8.18. The van der Waals surface area contributed by atoms with Crippen molar-refractivity contribution in [2.75, 3.05) is 26.2 Å². The van der Waals surface area contributed by atoms with E-state index < -0.39 is 5.60 Å². The lowest BCUT2D eigenvalue weighted by atomic mass is 9.88. The highest BCUT2D eigenvalue weighted by Crippen LogP contribution is 2.40. The molecule has 0 spiro atoms. The largest absolute Gasteiger partial charge is 0.389 e. The molecule has 0 unspecified atom stereocenters. The molecule has 132 valence electrons. The Kier molecular flexibility index (Phi) is 5.32. The van der Waals surface area contributed by atoms with E-state index in [9.17, 15) is 9.90 Å².